The minimum atomic E-state index is -0.887. The van der Waals surface area contributed by atoms with Crippen molar-refractivity contribution in [1.29, 1.82) is 0 Å². The molecule has 0 radical (unpaired) electrons. The number of carboxylic acids is 1. The summed E-state index contributed by atoms with van der Waals surface area (Å²) >= 11 is 0. The van der Waals surface area contributed by atoms with Crippen LogP contribution in [0.3, 0.4) is 0 Å². The topological polar surface area (TPSA) is 55.8 Å². The molecule has 4 nitrogen and oxygen atoms in total. The molecule has 92 valence electrons. The highest BCUT2D eigenvalue weighted by Gasteiger charge is 2.21. The fourth-order valence-corrected chi connectivity index (χ4v) is 1.86. The molecular formula is C12H20O4. The van der Waals surface area contributed by atoms with E-state index in [-0.39, 0.29) is 6.10 Å². The summed E-state index contributed by atoms with van der Waals surface area (Å²) in [6.07, 6.45) is 6.28. The van der Waals surface area contributed by atoms with Crippen molar-refractivity contribution < 1.29 is 19.4 Å². The van der Waals surface area contributed by atoms with Gasteiger partial charge < -0.3 is 14.6 Å². The molecule has 0 bridgehead atoms. The van der Waals surface area contributed by atoms with Crippen molar-refractivity contribution in [1.82, 2.24) is 0 Å². The van der Waals surface area contributed by atoms with E-state index < -0.39 is 5.97 Å². The van der Waals surface area contributed by atoms with Gasteiger partial charge in [0.25, 0.3) is 0 Å². The zero-order chi connectivity index (χ0) is 12.0. The highest BCUT2D eigenvalue weighted by atomic mass is 16.5. The van der Waals surface area contributed by atoms with Gasteiger partial charge in [-0.1, -0.05) is 0 Å². The van der Waals surface area contributed by atoms with E-state index in [2.05, 4.69) is 0 Å². The summed E-state index contributed by atoms with van der Waals surface area (Å²) in [6, 6.07) is 0. The van der Waals surface area contributed by atoms with Crippen LogP contribution < -0.4 is 0 Å². The molecule has 0 heterocycles. The van der Waals surface area contributed by atoms with Crippen LogP contribution in [0.1, 0.15) is 32.6 Å². The second-order valence-electron chi connectivity index (χ2n) is 4.17. The molecule has 0 amide bonds. The first kappa shape index (κ1) is 13.2. The van der Waals surface area contributed by atoms with Crippen LogP contribution in [0.15, 0.2) is 11.6 Å². The van der Waals surface area contributed by atoms with Crippen molar-refractivity contribution in [2.24, 2.45) is 0 Å². The van der Waals surface area contributed by atoms with Crippen LogP contribution >= 0.6 is 0 Å². The molecule has 0 aromatic carbocycles. The molecule has 0 aromatic heterocycles. The third-order valence-electron chi connectivity index (χ3n) is 2.97. The number of aliphatic carboxylic acids is 1. The Morgan fingerprint density at radius 3 is 2.75 bits per heavy atom. The molecule has 2 atom stereocenters. The van der Waals surface area contributed by atoms with E-state index in [1.807, 2.05) is 0 Å². The Morgan fingerprint density at radius 1 is 1.44 bits per heavy atom. The summed E-state index contributed by atoms with van der Waals surface area (Å²) in [5.41, 5.74) is 0.333. The standard InChI is InChI=1S/C12H20O4/c1-9(12(13)14)6-7-16-11-5-3-4-10(8-11)15-2/h6,10-11H,3-5,7-8H2,1-2H3,(H,13,14). The van der Waals surface area contributed by atoms with E-state index >= 15 is 0 Å². The highest BCUT2D eigenvalue weighted by molar-refractivity contribution is 5.85. The average molecular weight is 228 g/mol. The second kappa shape index (κ2) is 6.66. The summed E-state index contributed by atoms with van der Waals surface area (Å²) in [4.78, 5) is 10.5. The number of hydrogen-bond acceptors (Lipinski definition) is 3. The second-order valence-corrected chi connectivity index (χ2v) is 4.17. The molecule has 1 aliphatic rings. The average Bonchev–Trinajstić information content (AvgIpc) is 2.29. The van der Waals surface area contributed by atoms with Gasteiger partial charge in [-0.05, 0) is 38.7 Å². The maximum atomic E-state index is 10.5. The first-order valence-electron chi connectivity index (χ1n) is 5.68. The van der Waals surface area contributed by atoms with Gasteiger partial charge in [-0.3, -0.25) is 0 Å². The Balaban J connectivity index is 2.27. The van der Waals surface area contributed by atoms with Crippen LogP contribution in [0.25, 0.3) is 0 Å². The lowest BCUT2D eigenvalue weighted by Crippen LogP contribution is -2.27. The minimum absolute atomic E-state index is 0.205. The van der Waals surface area contributed by atoms with Crippen molar-refractivity contribution in [3.8, 4) is 0 Å². The Kier molecular flexibility index (Phi) is 5.49. The maximum absolute atomic E-state index is 10.5. The number of hydrogen-bond donors (Lipinski definition) is 1. The number of rotatable bonds is 5. The smallest absolute Gasteiger partial charge is 0.331 e. The molecule has 1 saturated carbocycles. The maximum Gasteiger partial charge on any atom is 0.331 e. The van der Waals surface area contributed by atoms with E-state index in [0.717, 1.165) is 25.7 Å². The Labute approximate surface area is 96.2 Å². The molecule has 0 aromatic rings. The van der Waals surface area contributed by atoms with E-state index in [4.69, 9.17) is 14.6 Å². The normalized spacial score (nSPS) is 26.8. The lowest BCUT2D eigenvalue weighted by molar-refractivity contribution is -0.132. The Bertz CT molecular complexity index is 260. The third-order valence-corrected chi connectivity index (χ3v) is 2.97. The summed E-state index contributed by atoms with van der Waals surface area (Å²) in [6.45, 7) is 1.95. The minimum Gasteiger partial charge on any atom is -0.478 e. The number of carboxylic acid groups (broad SMARTS) is 1. The van der Waals surface area contributed by atoms with Crippen LogP contribution in [0.4, 0.5) is 0 Å². The lowest BCUT2D eigenvalue weighted by Gasteiger charge is -2.27. The van der Waals surface area contributed by atoms with Crippen LogP contribution in [-0.2, 0) is 14.3 Å². The Hall–Kier alpha value is -0.870. The van der Waals surface area contributed by atoms with Crippen LogP contribution in [0, 0.1) is 0 Å². The molecule has 1 rings (SSSR count). The van der Waals surface area contributed by atoms with E-state index in [1.54, 1.807) is 20.1 Å². The molecule has 16 heavy (non-hydrogen) atoms. The van der Waals surface area contributed by atoms with Crippen molar-refractivity contribution >= 4 is 5.97 Å². The molecule has 0 spiro atoms. The molecule has 1 aliphatic carbocycles. The van der Waals surface area contributed by atoms with Crippen LogP contribution in [0.2, 0.25) is 0 Å². The predicted molar refractivity (Wildman–Crippen MR) is 60.4 cm³/mol. The summed E-state index contributed by atoms with van der Waals surface area (Å²) in [5.74, 6) is -0.887. The fraction of sp³-hybridized carbons (Fsp3) is 0.750. The molecular weight excluding hydrogens is 208 g/mol. The van der Waals surface area contributed by atoms with Crippen molar-refractivity contribution in [3.63, 3.8) is 0 Å². The number of carbonyl (C=O) groups is 1. The molecule has 0 aliphatic heterocycles. The summed E-state index contributed by atoms with van der Waals surface area (Å²) < 4.78 is 10.9. The largest absolute Gasteiger partial charge is 0.478 e. The fourth-order valence-electron chi connectivity index (χ4n) is 1.86. The van der Waals surface area contributed by atoms with Crippen LogP contribution in [-0.4, -0.2) is 37.0 Å². The summed E-state index contributed by atoms with van der Waals surface area (Å²) in [5, 5.41) is 8.66. The van der Waals surface area contributed by atoms with Gasteiger partial charge in [0.15, 0.2) is 0 Å². The zero-order valence-corrected chi connectivity index (χ0v) is 9.94. The van der Waals surface area contributed by atoms with Gasteiger partial charge in [0.2, 0.25) is 0 Å². The van der Waals surface area contributed by atoms with E-state index in [0.29, 0.717) is 18.3 Å². The molecule has 1 fully saturated rings. The van der Waals surface area contributed by atoms with E-state index in [9.17, 15) is 4.79 Å². The first-order chi connectivity index (χ1) is 7.63. The molecule has 0 saturated heterocycles. The zero-order valence-electron chi connectivity index (χ0n) is 9.94. The lowest BCUT2D eigenvalue weighted by atomic mass is 9.95. The van der Waals surface area contributed by atoms with Gasteiger partial charge in [-0.2, -0.15) is 0 Å². The summed E-state index contributed by atoms with van der Waals surface area (Å²) in [7, 11) is 1.72. The third kappa shape index (κ3) is 4.33. The molecule has 1 N–H and O–H groups in total. The Morgan fingerprint density at radius 2 is 2.12 bits per heavy atom. The molecule has 2 unspecified atom stereocenters. The quantitative estimate of drug-likeness (QED) is 0.731. The van der Waals surface area contributed by atoms with Gasteiger partial charge >= 0.3 is 5.97 Å². The number of ether oxygens (including phenoxy) is 2. The van der Waals surface area contributed by atoms with Gasteiger partial charge in [0.05, 0.1) is 18.8 Å². The van der Waals surface area contributed by atoms with Gasteiger partial charge in [0, 0.05) is 12.7 Å². The number of methoxy groups -OCH3 is 1. The SMILES string of the molecule is COC1CCCC(OCC=C(C)C(=O)O)C1. The predicted octanol–water partition coefficient (Wildman–Crippen LogP) is 1.99. The highest BCUT2D eigenvalue weighted by Crippen LogP contribution is 2.22. The van der Waals surface area contributed by atoms with Crippen molar-refractivity contribution in [3.05, 3.63) is 11.6 Å². The van der Waals surface area contributed by atoms with Gasteiger partial charge in [-0.25, -0.2) is 4.79 Å². The van der Waals surface area contributed by atoms with Crippen molar-refractivity contribution in [2.75, 3.05) is 13.7 Å². The van der Waals surface area contributed by atoms with Crippen LogP contribution in [0.5, 0.6) is 0 Å². The van der Waals surface area contributed by atoms with Crippen molar-refractivity contribution in [2.45, 2.75) is 44.8 Å². The van der Waals surface area contributed by atoms with Gasteiger partial charge in [0.1, 0.15) is 0 Å². The molecule has 4 heteroatoms. The van der Waals surface area contributed by atoms with Gasteiger partial charge in [-0.15, -0.1) is 0 Å². The monoisotopic (exact) mass is 228 g/mol. The first-order valence-corrected chi connectivity index (χ1v) is 5.68. The van der Waals surface area contributed by atoms with E-state index in [1.165, 1.54) is 0 Å².